The highest BCUT2D eigenvalue weighted by Crippen LogP contribution is 2.48. The van der Waals surface area contributed by atoms with E-state index in [-0.39, 0.29) is 0 Å². The molecular formula is C15H32N2. The van der Waals surface area contributed by atoms with Gasteiger partial charge in [0.2, 0.25) is 0 Å². The molecule has 1 unspecified atom stereocenters. The van der Waals surface area contributed by atoms with Gasteiger partial charge in [-0.2, -0.15) is 0 Å². The van der Waals surface area contributed by atoms with Crippen LogP contribution in [0.2, 0.25) is 0 Å². The number of likely N-dealkylation sites (tertiary alicyclic amines) is 1. The molecule has 1 fully saturated rings. The lowest BCUT2D eigenvalue weighted by Crippen LogP contribution is -2.54. The van der Waals surface area contributed by atoms with Crippen LogP contribution in [0.3, 0.4) is 0 Å². The van der Waals surface area contributed by atoms with Gasteiger partial charge in [0.1, 0.15) is 0 Å². The molecule has 1 saturated heterocycles. The molecule has 0 aliphatic carbocycles. The molecule has 0 aromatic carbocycles. The van der Waals surface area contributed by atoms with Crippen molar-refractivity contribution in [3.63, 3.8) is 0 Å². The first-order valence-electron chi connectivity index (χ1n) is 7.14. The molecule has 0 saturated carbocycles. The van der Waals surface area contributed by atoms with Gasteiger partial charge < -0.3 is 9.80 Å². The van der Waals surface area contributed by atoms with Crippen molar-refractivity contribution in [2.75, 3.05) is 40.8 Å². The third-order valence-electron chi connectivity index (χ3n) is 4.95. The Morgan fingerprint density at radius 1 is 1.18 bits per heavy atom. The van der Waals surface area contributed by atoms with Crippen LogP contribution in [-0.2, 0) is 0 Å². The standard InChI is InChI=1S/C15H32N2/c1-12(2)15(13(3)4)8-9-17(7)11-14(15)10-16(5)6/h12-14H,8-11H2,1-7H3. The van der Waals surface area contributed by atoms with E-state index in [1.807, 2.05) is 0 Å². The molecule has 17 heavy (non-hydrogen) atoms. The van der Waals surface area contributed by atoms with E-state index < -0.39 is 0 Å². The average Bonchev–Trinajstić information content (AvgIpc) is 2.15. The summed E-state index contributed by atoms with van der Waals surface area (Å²) in [6.07, 6.45) is 1.36. The smallest absolute Gasteiger partial charge is 0.00244 e. The fourth-order valence-corrected chi connectivity index (χ4v) is 4.08. The lowest BCUT2D eigenvalue weighted by Gasteiger charge is -2.53. The Morgan fingerprint density at radius 3 is 2.12 bits per heavy atom. The summed E-state index contributed by atoms with van der Waals surface area (Å²) in [4.78, 5) is 4.88. The molecule has 1 rings (SSSR count). The maximum absolute atomic E-state index is 2.51. The van der Waals surface area contributed by atoms with E-state index in [9.17, 15) is 0 Å². The summed E-state index contributed by atoms with van der Waals surface area (Å²) >= 11 is 0. The molecule has 1 atom stereocenters. The topological polar surface area (TPSA) is 6.48 Å². The van der Waals surface area contributed by atoms with Crippen LogP contribution in [0.25, 0.3) is 0 Å². The molecule has 0 bridgehead atoms. The Hall–Kier alpha value is -0.0800. The Morgan fingerprint density at radius 2 is 1.71 bits per heavy atom. The number of rotatable bonds is 4. The van der Waals surface area contributed by atoms with E-state index in [0.717, 1.165) is 17.8 Å². The van der Waals surface area contributed by atoms with Gasteiger partial charge in [-0.25, -0.2) is 0 Å². The minimum Gasteiger partial charge on any atom is -0.309 e. The molecule has 2 nitrogen and oxygen atoms in total. The summed E-state index contributed by atoms with van der Waals surface area (Å²) < 4.78 is 0. The summed E-state index contributed by atoms with van der Waals surface area (Å²) in [7, 11) is 6.69. The first-order valence-corrected chi connectivity index (χ1v) is 7.14. The Labute approximate surface area is 108 Å². The Kier molecular flexibility index (Phi) is 5.03. The molecule has 0 amide bonds. The van der Waals surface area contributed by atoms with Crippen molar-refractivity contribution in [3.05, 3.63) is 0 Å². The molecule has 2 heteroatoms. The third-order valence-corrected chi connectivity index (χ3v) is 4.95. The summed E-state index contributed by atoms with van der Waals surface area (Å²) in [5, 5.41) is 0. The molecule has 0 aromatic heterocycles. The molecule has 0 spiro atoms. The van der Waals surface area contributed by atoms with Gasteiger partial charge in [0, 0.05) is 13.1 Å². The van der Waals surface area contributed by atoms with Crippen LogP contribution in [0.15, 0.2) is 0 Å². The van der Waals surface area contributed by atoms with Gasteiger partial charge >= 0.3 is 0 Å². The van der Waals surface area contributed by atoms with Crippen LogP contribution in [-0.4, -0.2) is 50.6 Å². The lowest BCUT2D eigenvalue weighted by atomic mass is 9.57. The molecule has 1 aliphatic rings. The third kappa shape index (κ3) is 3.03. The molecule has 102 valence electrons. The van der Waals surface area contributed by atoms with Gasteiger partial charge in [0.25, 0.3) is 0 Å². The van der Waals surface area contributed by atoms with Crippen LogP contribution in [0.4, 0.5) is 0 Å². The Bertz CT molecular complexity index is 223. The van der Waals surface area contributed by atoms with Crippen molar-refractivity contribution >= 4 is 0 Å². The van der Waals surface area contributed by atoms with Gasteiger partial charge in [-0.3, -0.25) is 0 Å². The maximum Gasteiger partial charge on any atom is 0.00244 e. The molecule has 1 heterocycles. The second-order valence-corrected chi connectivity index (χ2v) is 6.89. The highest BCUT2D eigenvalue weighted by molar-refractivity contribution is 4.97. The van der Waals surface area contributed by atoms with E-state index >= 15 is 0 Å². The van der Waals surface area contributed by atoms with E-state index in [0.29, 0.717) is 5.41 Å². The summed E-state index contributed by atoms with van der Waals surface area (Å²) in [6, 6.07) is 0. The van der Waals surface area contributed by atoms with E-state index in [1.54, 1.807) is 0 Å². The first-order chi connectivity index (χ1) is 7.80. The molecule has 1 aliphatic heterocycles. The van der Waals surface area contributed by atoms with Crippen molar-refractivity contribution in [1.82, 2.24) is 9.80 Å². The lowest BCUT2D eigenvalue weighted by molar-refractivity contribution is -0.0444. The van der Waals surface area contributed by atoms with Gasteiger partial charge in [0.05, 0.1) is 0 Å². The second-order valence-electron chi connectivity index (χ2n) is 6.89. The second kappa shape index (κ2) is 5.71. The minimum absolute atomic E-state index is 0.525. The molecular weight excluding hydrogens is 208 g/mol. The average molecular weight is 240 g/mol. The summed E-state index contributed by atoms with van der Waals surface area (Å²) in [6.45, 7) is 13.4. The zero-order valence-electron chi connectivity index (χ0n) is 13.0. The minimum atomic E-state index is 0.525. The molecule has 0 aromatic rings. The highest BCUT2D eigenvalue weighted by Gasteiger charge is 2.46. The quantitative estimate of drug-likeness (QED) is 0.745. The van der Waals surface area contributed by atoms with Gasteiger partial charge in [-0.05, 0) is 57.3 Å². The first kappa shape index (κ1) is 15.0. The fourth-order valence-electron chi connectivity index (χ4n) is 4.08. The van der Waals surface area contributed by atoms with E-state index in [4.69, 9.17) is 0 Å². The van der Waals surface area contributed by atoms with Gasteiger partial charge in [-0.15, -0.1) is 0 Å². The number of hydrogen-bond acceptors (Lipinski definition) is 2. The monoisotopic (exact) mass is 240 g/mol. The predicted molar refractivity (Wildman–Crippen MR) is 76.3 cm³/mol. The zero-order valence-corrected chi connectivity index (χ0v) is 13.0. The van der Waals surface area contributed by atoms with Crippen molar-refractivity contribution < 1.29 is 0 Å². The van der Waals surface area contributed by atoms with Crippen molar-refractivity contribution in [3.8, 4) is 0 Å². The largest absolute Gasteiger partial charge is 0.309 e. The summed E-state index contributed by atoms with van der Waals surface area (Å²) in [5.74, 6) is 2.36. The van der Waals surface area contributed by atoms with Crippen LogP contribution in [0.1, 0.15) is 34.1 Å². The Balaban J connectivity index is 2.97. The number of piperidine rings is 1. The van der Waals surface area contributed by atoms with Crippen LogP contribution in [0, 0.1) is 23.2 Å². The summed E-state index contributed by atoms with van der Waals surface area (Å²) in [5.41, 5.74) is 0.525. The van der Waals surface area contributed by atoms with Crippen LogP contribution in [0.5, 0.6) is 0 Å². The van der Waals surface area contributed by atoms with Crippen molar-refractivity contribution in [2.45, 2.75) is 34.1 Å². The fraction of sp³-hybridized carbons (Fsp3) is 1.00. The van der Waals surface area contributed by atoms with Crippen molar-refractivity contribution in [2.24, 2.45) is 23.2 Å². The van der Waals surface area contributed by atoms with E-state index in [2.05, 4.69) is 58.6 Å². The van der Waals surface area contributed by atoms with Crippen molar-refractivity contribution in [1.29, 1.82) is 0 Å². The zero-order chi connectivity index (χ0) is 13.2. The van der Waals surface area contributed by atoms with E-state index in [1.165, 1.54) is 26.1 Å². The number of nitrogens with zero attached hydrogens (tertiary/aromatic N) is 2. The maximum atomic E-state index is 2.51. The number of hydrogen-bond donors (Lipinski definition) is 0. The normalized spacial score (nSPS) is 26.1. The van der Waals surface area contributed by atoms with Gasteiger partial charge in [0.15, 0.2) is 0 Å². The van der Waals surface area contributed by atoms with Gasteiger partial charge in [-0.1, -0.05) is 27.7 Å². The predicted octanol–water partition coefficient (Wildman–Crippen LogP) is 2.80. The van der Waals surface area contributed by atoms with Crippen LogP contribution >= 0.6 is 0 Å². The van der Waals surface area contributed by atoms with Crippen LogP contribution < -0.4 is 0 Å². The highest BCUT2D eigenvalue weighted by atomic mass is 15.1. The molecule has 0 radical (unpaired) electrons. The SMILES string of the molecule is CC(C)C1(C(C)C)CCN(C)CC1CN(C)C. The molecule has 0 N–H and O–H groups in total.